The second-order valence-electron chi connectivity index (χ2n) is 4.61. The molecular weight excluding hydrogens is 287 g/mol. The number of ether oxygens (including phenoxy) is 1. The Morgan fingerprint density at radius 2 is 2.14 bits per heavy atom. The molecule has 0 spiro atoms. The molecule has 3 aliphatic rings. The van der Waals surface area contributed by atoms with E-state index in [1.807, 2.05) is 0 Å². The van der Waals surface area contributed by atoms with Gasteiger partial charge in [-0.2, -0.15) is 13.2 Å². The third kappa shape index (κ3) is 2.49. The van der Waals surface area contributed by atoms with E-state index >= 15 is 0 Å². The molecule has 21 heavy (non-hydrogen) atoms. The van der Waals surface area contributed by atoms with Gasteiger partial charge in [0, 0.05) is 24.2 Å². The van der Waals surface area contributed by atoms with E-state index in [1.54, 1.807) is 13.0 Å². The van der Waals surface area contributed by atoms with E-state index in [1.165, 1.54) is 12.4 Å². The van der Waals surface area contributed by atoms with Crippen LogP contribution in [-0.4, -0.2) is 34.6 Å². The Hall–Kier alpha value is -2.35. The maximum Gasteiger partial charge on any atom is 0.417 e. The molecule has 0 aromatic rings. The molecule has 0 aromatic carbocycles. The summed E-state index contributed by atoms with van der Waals surface area (Å²) in [5.74, 6) is 0.185. The zero-order valence-corrected chi connectivity index (χ0v) is 10.8. The fourth-order valence-electron chi connectivity index (χ4n) is 2.03. The third-order valence-corrected chi connectivity index (χ3v) is 3.06. The van der Waals surface area contributed by atoms with E-state index in [4.69, 9.17) is 4.74 Å². The van der Waals surface area contributed by atoms with Crippen LogP contribution in [0.5, 0.6) is 0 Å². The van der Waals surface area contributed by atoms with Crippen molar-refractivity contribution in [2.45, 2.75) is 19.3 Å². The highest BCUT2D eigenvalue weighted by Crippen LogP contribution is 2.32. The molecule has 0 radical (unpaired) electrons. The van der Waals surface area contributed by atoms with Crippen molar-refractivity contribution in [1.29, 1.82) is 0 Å². The minimum Gasteiger partial charge on any atom is -0.445 e. The minimum absolute atomic E-state index is 0.111. The minimum atomic E-state index is -4.47. The average molecular weight is 297 g/mol. The van der Waals surface area contributed by atoms with Crippen LogP contribution < -0.4 is 0 Å². The Kier molecular flexibility index (Phi) is 2.98. The van der Waals surface area contributed by atoms with Crippen molar-refractivity contribution in [2.24, 2.45) is 9.98 Å². The fourth-order valence-corrected chi connectivity index (χ4v) is 2.03. The second kappa shape index (κ2) is 4.59. The molecule has 1 N–H and O–H groups in total. The molecule has 3 rings (SSSR count). The summed E-state index contributed by atoms with van der Waals surface area (Å²) in [7, 11) is 0. The van der Waals surface area contributed by atoms with Crippen molar-refractivity contribution in [1.82, 2.24) is 5.06 Å². The number of hydrogen-bond acceptors (Lipinski definition) is 5. The van der Waals surface area contributed by atoms with E-state index < -0.39 is 18.0 Å². The number of hydrogen-bond donors (Lipinski definition) is 1. The summed E-state index contributed by atoms with van der Waals surface area (Å²) in [6, 6.07) is 0. The molecule has 0 aliphatic carbocycles. The lowest BCUT2D eigenvalue weighted by Crippen LogP contribution is -2.24. The summed E-state index contributed by atoms with van der Waals surface area (Å²) in [5, 5.41) is 10.2. The molecule has 0 fully saturated rings. The van der Waals surface area contributed by atoms with Crippen LogP contribution in [0.4, 0.5) is 13.2 Å². The van der Waals surface area contributed by atoms with Gasteiger partial charge in [0.15, 0.2) is 0 Å². The molecule has 0 saturated carbocycles. The molecule has 3 aliphatic heterocycles. The molecule has 8 heteroatoms. The first kappa shape index (κ1) is 13.6. The number of hydroxylamine groups is 2. The maximum atomic E-state index is 12.6. The summed E-state index contributed by atoms with van der Waals surface area (Å²) >= 11 is 0. The predicted molar refractivity (Wildman–Crippen MR) is 68.5 cm³/mol. The lowest BCUT2D eigenvalue weighted by atomic mass is 10.1. The van der Waals surface area contributed by atoms with Gasteiger partial charge < -0.3 is 4.74 Å². The molecule has 5 nitrogen and oxygen atoms in total. The number of rotatable bonds is 0. The third-order valence-electron chi connectivity index (χ3n) is 3.06. The number of dihydropyridines is 1. The number of alkyl halides is 3. The van der Waals surface area contributed by atoms with Crippen molar-refractivity contribution < 1.29 is 23.1 Å². The molecular formula is C13H10F3N3O2. The topological polar surface area (TPSA) is 57.4 Å². The number of halogens is 3. The van der Waals surface area contributed by atoms with Crippen LogP contribution in [0.1, 0.15) is 6.92 Å². The summed E-state index contributed by atoms with van der Waals surface area (Å²) < 4.78 is 43.3. The Morgan fingerprint density at radius 3 is 2.81 bits per heavy atom. The van der Waals surface area contributed by atoms with Gasteiger partial charge >= 0.3 is 6.18 Å². The SMILES string of the molecule is CC1=CN(O)C=CC1=C1N=C2C=C(C(F)(F)F)C=NC2O1. The monoisotopic (exact) mass is 297 g/mol. The highest BCUT2D eigenvalue weighted by Gasteiger charge is 2.38. The molecule has 0 bridgehead atoms. The van der Waals surface area contributed by atoms with Gasteiger partial charge in [-0.25, -0.2) is 15.0 Å². The van der Waals surface area contributed by atoms with Gasteiger partial charge in [-0.3, -0.25) is 5.21 Å². The molecule has 0 saturated heterocycles. The summed E-state index contributed by atoms with van der Waals surface area (Å²) in [4.78, 5) is 7.79. The van der Waals surface area contributed by atoms with Gasteiger partial charge in [-0.05, 0) is 24.6 Å². The van der Waals surface area contributed by atoms with Gasteiger partial charge in [-0.15, -0.1) is 0 Å². The van der Waals surface area contributed by atoms with Crippen molar-refractivity contribution in [3.63, 3.8) is 0 Å². The standard InChI is InChI=1S/C13H10F3N3O2/c1-7-6-19(20)3-2-9(7)11-18-10-4-8(13(14,15)16)5-17-12(10)21-11/h2-6,12,20H,1H3. The van der Waals surface area contributed by atoms with E-state index in [0.717, 1.165) is 17.4 Å². The van der Waals surface area contributed by atoms with Crippen LogP contribution in [0.25, 0.3) is 0 Å². The fraction of sp³-hybridized carbons (Fsp3) is 0.231. The van der Waals surface area contributed by atoms with E-state index in [9.17, 15) is 18.4 Å². The van der Waals surface area contributed by atoms with Crippen molar-refractivity contribution >= 4 is 11.9 Å². The highest BCUT2D eigenvalue weighted by molar-refractivity contribution is 6.07. The molecule has 0 amide bonds. The predicted octanol–water partition coefficient (Wildman–Crippen LogP) is 2.69. The summed E-state index contributed by atoms with van der Waals surface area (Å²) in [5.41, 5.74) is 0.502. The summed E-state index contributed by atoms with van der Waals surface area (Å²) in [6.45, 7) is 1.72. The molecule has 1 atom stereocenters. The first-order valence-corrected chi connectivity index (χ1v) is 6.00. The largest absolute Gasteiger partial charge is 0.445 e. The number of nitrogens with zero attached hydrogens (tertiary/aromatic N) is 3. The van der Waals surface area contributed by atoms with E-state index in [-0.39, 0.29) is 11.6 Å². The maximum absolute atomic E-state index is 12.6. The number of allylic oxidation sites excluding steroid dienone is 4. The van der Waals surface area contributed by atoms with Crippen molar-refractivity contribution in [3.05, 3.63) is 47.2 Å². The van der Waals surface area contributed by atoms with Crippen LogP contribution in [0, 0.1) is 0 Å². The zero-order chi connectivity index (χ0) is 15.2. The quantitative estimate of drug-likeness (QED) is 0.748. The van der Waals surface area contributed by atoms with Crippen molar-refractivity contribution in [3.8, 4) is 0 Å². The Labute approximate surface area is 117 Å². The molecule has 3 heterocycles. The van der Waals surface area contributed by atoms with Crippen LogP contribution in [0.2, 0.25) is 0 Å². The average Bonchev–Trinajstić information content (AvgIpc) is 2.79. The van der Waals surface area contributed by atoms with E-state index in [0.29, 0.717) is 11.1 Å². The second-order valence-corrected chi connectivity index (χ2v) is 4.61. The summed E-state index contributed by atoms with van der Waals surface area (Å²) in [6.07, 6.45) is 0.720. The van der Waals surface area contributed by atoms with Gasteiger partial charge in [0.05, 0.1) is 5.57 Å². The van der Waals surface area contributed by atoms with Crippen molar-refractivity contribution in [2.75, 3.05) is 0 Å². The van der Waals surface area contributed by atoms with Crippen LogP contribution >= 0.6 is 0 Å². The van der Waals surface area contributed by atoms with Gasteiger partial charge in [-0.1, -0.05) is 0 Å². The first-order chi connectivity index (χ1) is 9.84. The Bertz CT molecular complexity index is 669. The lowest BCUT2D eigenvalue weighted by molar-refractivity contribution is -0.0856. The molecule has 110 valence electrons. The first-order valence-electron chi connectivity index (χ1n) is 6.00. The van der Waals surface area contributed by atoms with Gasteiger partial charge in [0.1, 0.15) is 5.71 Å². The van der Waals surface area contributed by atoms with Gasteiger partial charge in [0.25, 0.3) is 0 Å². The Balaban J connectivity index is 1.97. The normalized spacial score (nSPS) is 28.0. The van der Waals surface area contributed by atoms with Gasteiger partial charge in [0.2, 0.25) is 12.1 Å². The smallest absolute Gasteiger partial charge is 0.417 e. The zero-order valence-electron chi connectivity index (χ0n) is 10.8. The molecule has 1 unspecified atom stereocenters. The van der Waals surface area contributed by atoms with Crippen LogP contribution in [-0.2, 0) is 4.74 Å². The van der Waals surface area contributed by atoms with E-state index in [2.05, 4.69) is 9.98 Å². The number of fused-ring (bicyclic) bond motifs is 1. The molecule has 0 aromatic heterocycles. The number of aliphatic imine (C=N–C) groups is 2. The Morgan fingerprint density at radius 1 is 1.38 bits per heavy atom. The van der Waals surface area contributed by atoms with Crippen LogP contribution in [0.15, 0.2) is 57.1 Å². The lowest BCUT2D eigenvalue weighted by Gasteiger charge is -2.16. The highest BCUT2D eigenvalue weighted by atomic mass is 19.4. The van der Waals surface area contributed by atoms with Crippen LogP contribution in [0.3, 0.4) is 0 Å².